The first kappa shape index (κ1) is 15.7. The molecular formula is C14H16FNO4S. The van der Waals surface area contributed by atoms with Crippen LogP contribution in [0.2, 0.25) is 0 Å². The third-order valence-electron chi connectivity index (χ3n) is 3.39. The summed E-state index contributed by atoms with van der Waals surface area (Å²) in [6.45, 7) is 0.0383. The zero-order chi connectivity index (χ0) is 15.5. The predicted molar refractivity (Wildman–Crippen MR) is 75.8 cm³/mol. The van der Waals surface area contributed by atoms with Gasteiger partial charge in [-0.25, -0.2) is 12.8 Å². The van der Waals surface area contributed by atoms with Crippen molar-refractivity contribution in [2.75, 3.05) is 12.3 Å². The molecule has 21 heavy (non-hydrogen) atoms. The van der Waals surface area contributed by atoms with Crippen molar-refractivity contribution in [1.29, 1.82) is 0 Å². The predicted octanol–water partition coefficient (Wildman–Crippen LogP) is 1.41. The lowest BCUT2D eigenvalue weighted by atomic mass is 10.1. The molecule has 7 heteroatoms. The van der Waals surface area contributed by atoms with Crippen LogP contribution < -0.4 is 0 Å². The second-order valence-corrected chi connectivity index (χ2v) is 6.83. The summed E-state index contributed by atoms with van der Waals surface area (Å²) in [6, 6.07) is 4.87. The number of rotatable bonds is 5. The normalized spacial score (nSPS) is 19.6. The van der Waals surface area contributed by atoms with E-state index in [0.717, 1.165) is 4.31 Å². The number of nitrogens with zero attached hydrogens (tertiary/aromatic N) is 1. The topological polar surface area (TPSA) is 74.7 Å². The van der Waals surface area contributed by atoms with Crippen LogP contribution in [0.15, 0.2) is 36.4 Å². The highest BCUT2D eigenvalue weighted by atomic mass is 32.2. The summed E-state index contributed by atoms with van der Waals surface area (Å²) >= 11 is 0. The maximum Gasteiger partial charge on any atom is 0.322 e. The van der Waals surface area contributed by atoms with E-state index in [1.54, 1.807) is 18.2 Å². The molecule has 2 rings (SSSR count). The third kappa shape index (κ3) is 3.68. The molecule has 114 valence electrons. The Balaban J connectivity index is 2.13. The van der Waals surface area contributed by atoms with Crippen LogP contribution >= 0.6 is 0 Å². The van der Waals surface area contributed by atoms with Gasteiger partial charge in [0.15, 0.2) is 0 Å². The van der Waals surface area contributed by atoms with Crippen molar-refractivity contribution in [3.63, 3.8) is 0 Å². The summed E-state index contributed by atoms with van der Waals surface area (Å²) in [5, 5.41) is 9.10. The van der Waals surface area contributed by atoms with Crippen LogP contribution in [0.1, 0.15) is 12.0 Å². The first-order valence-electron chi connectivity index (χ1n) is 6.52. The Bertz CT molecular complexity index is 657. The van der Waals surface area contributed by atoms with Gasteiger partial charge in [0.25, 0.3) is 0 Å². The molecule has 1 atom stereocenters. The number of halogens is 1. The fourth-order valence-corrected chi connectivity index (χ4v) is 3.83. The highest BCUT2D eigenvalue weighted by molar-refractivity contribution is 7.89. The van der Waals surface area contributed by atoms with E-state index in [9.17, 15) is 17.6 Å². The molecular weight excluding hydrogens is 297 g/mol. The molecule has 0 saturated carbocycles. The fourth-order valence-electron chi connectivity index (χ4n) is 2.24. The SMILES string of the molecule is O=C(O)C1CC=CCN1S(=O)(=O)CCc1ccccc1F. The lowest BCUT2D eigenvalue weighted by Gasteiger charge is -2.29. The van der Waals surface area contributed by atoms with Gasteiger partial charge in [-0.1, -0.05) is 30.4 Å². The van der Waals surface area contributed by atoms with Crippen molar-refractivity contribution in [1.82, 2.24) is 4.31 Å². The number of benzene rings is 1. The third-order valence-corrected chi connectivity index (χ3v) is 5.23. The number of hydrogen-bond acceptors (Lipinski definition) is 3. The summed E-state index contributed by atoms with van der Waals surface area (Å²) in [5.74, 6) is -1.94. The van der Waals surface area contributed by atoms with Crippen molar-refractivity contribution in [3.05, 3.63) is 47.8 Å². The van der Waals surface area contributed by atoms with Crippen molar-refractivity contribution >= 4 is 16.0 Å². The van der Waals surface area contributed by atoms with Crippen LogP contribution in [0, 0.1) is 5.82 Å². The second-order valence-electron chi connectivity index (χ2n) is 4.79. The lowest BCUT2D eigenvalue weighted by molar-refractivity contribution is -0.141. The standard InChI is InChI=1S/C14H16FNO4S/c15-12-6-2-1-5-11(12)8-10-21(19,20)16-9-4-3-7-13(16)14(17)18/h1-6,13H,7-10H2,(H,17,18). The smallest absolute Gasteiger partial charge is 0.322 e. The van der Waals surface area contributed by atoms with E-state index >= 15 is 0 Å². The van der Waals surface area contributed by atoms with Crippen LogP contribution in [0.5, 0.6) is 0 Å². The molecule has 0 aliphatic carbocycles. The van der Waals surface area contributed by atoms with E-state index in [2.05, 4.69) is 0 Å². The summed E-state index contributed by atoms with van der Waals surface area (Å²) in [5.41, 5.74) is 0.306. The quantitative estimate of drug-likeness (QED) is 0.834. The summed E-state index contributed by atoms with van der Waals surface area (Å²) < 4.78 is 39.0. The lowest BCUT2D eigenvalue weighted by Crippen LogP contribution is -2.47. The van der Waals surface area contributed by atoms with E-state index in [-0.39, 0.29) is 25.1 Å². The zero-order valence-electron chi connectivity index (χ0n) is 11.3. The Morgan fingerprint density at radius 2 is 2.05 bits per heavy atom. The van der Waals surface area contributed by atoms with E-state index in [1.165, 1.54) is 18.2 Å². The summed E-state index contributed by atoms with van der Waals surface area (Å²) in [7, 11) is -3.76. The molecule has 0 spiro atoms. The van der Waals surface area contributed by atoms with Crippen LogP contribution in [0.3, 0.4) is 0 Å². The monoisotopic (exact) mass is 313 g/mol. The Morgan fingerprint density at radius 3 is 2.71 bits per heavy atom. The largest absolute Gasteiger partial charge is 0.480 e. The molecule has 1 aromatic carbocycles. The molecule has 0 amide bonds. The molecule has 1 aliphatic rings. The maximum atomic E-state index is 13.5. The molecule has 0 aromatic heterocycles. The minimum absolute atomic E-state index is 0.0154. The van der Waals surface area contributed by atoms with Gasteiger partial charge in [-0.05, 0) is 24.5 Å². The van der Waals surface area contributed by atoms with Gasteiger partial charge in [-0.2, -0.15) is 4.31 Å². The van der Waals surface area contributed by atoms with Crippen LogP contribution in [0.25, 0.3) is 0 Å². The number of carboxylic acid groups (broad SMARTS) is 1. The molecule has 0 bridgehead atoms. The second kappa shape index (κ2) is 6.36. The van der Waals surface area contributed by atoms with Crippen LogP contribution in [-0.4, -0.2) is 42.1 Å². The minimum Gasteiger partial charge on any atom is -0.480 e. The van der Waals surface area contributed by atoms with Crippen molar-refractivity contribution in [2.45, 2.75) is 18.9 Å². The number of carboxylic acids is 1. The van der Waals surface area contributed by atoms with Gasteiger partial charge in [0.1, 0.15) is 11.9 Å². The summed E-state index contributed by atoms with van der Waals surface area (Å²) in [4.78, 5) is 11.1. The molecule has 1 aliphatic heterocycles. The molecule has 5 nitrogen and oxygen atoms in total. The van der Waals surface area contributed by atoms with Crippen molar-refractivity contribution in [2.24, 2.45) is 0 Å². The average molecular weight is 313 g/mol. The van der Waals surface area contributed by atoms with Gasteiger partial charge in [0, 0.05) is 6.54 Å². The number of hydrogen-bond donors (Lipinski definition) is 1. The van der Waals surface area contributed by atoms with E-state index in [1.807, 2.05) is 0 Å². The number of carbonyl (C=O) groups is 1. The van der Waals surface area contributed by atoms with Gasteiger partial charge in [-0.3, -0.25) is 4.79 Å². The van der Waals surface area contributed by atoms with Gasteiger partial charge in [-0.15, -0.1) is 0 Å². The Labute approximate surface area is 122 Å². The van der Waals surface area contributed by atoms with Crippen LogP contribution in [0.4, 0.5) is 4.39 Å². The summed E-state index contributed by atoms with van der Waals surface area (Å²) in [6.07, 6.45) is 3.44. The highest BCUT2D eigenvalue weighted by Crippen LogP contribution is 2.18. The Hall–Kier alpha value is -1.73. The molecule has 0 radical (unpaired) electrons. The number of sulfonamides is 1. The van der Waals surface area contributed by atoms with Crippen LogP contribution in [-0.2, 0) is 21.2 Å². The van der Waals surface area contributed by atoms with E-state index in [4.69, 9.17) is 5.11 Å². The minimum atomic E-state index is -3.76. The molecule has 1 aromatic rings. The first-order valence-corrected chi connectivity index (χ1v) is 8.13. The fraction of sp³-hybridized carbons (Fsp3) is 0.357. The molecule has 0 saturated heterocycles. The van der Waals surface area contributed by atoms with Crippen molar-refractivity contribution in [3.8, 4) is 0 Å². The molecule has 1 N–H and O–H groups in total. The van der Waals surface area contributed by atoms with Gasteiger partial charge in [0.2, 0.25) is 10.0 Å². The first-order chi connectivity index (χ1) is 9.92. The Morgan fingerprint density at radius 1 is 1.33 bits per heavy atom. The molecule has 1 heterocycles. The maximum absolute atomic E-state index is 13.5. The molecule has 1 unspecified atom stereocenters. The number of aryl methyl sites for hydroxylation is 1. The zero-order valence-corrected chi connectivity index (χ0v) is 12.1. The van der Waals surface area contributed by atoms with Gasteiger partial charge >= 0.3 is 5.97 Å². The Kier molecular flexibility index (Phi) is 4.74. The highest BCUT2D eigenvalue weighted by Gasteiger charge is 2.34. The van der Waals surface area contributed by atoms with E-state index in [0.29, 0.717) is 5.56 Å². The average Bonchev–Trinajstić information content (AvgIpc) is 2.46. The molecule has 0 fully saturated rings. The van der Waals surface area contributed by atoms with Crippen molar-refractivity contribution < 1.29 is 22.7 Å². The van der Waals surface area contributed by atoms with Gasteiger partial charge in [0.05, 0.1) is 5.75 Å². The van der Waals surface area contributed by atoms with Gasteiger partial charge < -0.3 is 5.11 Å². The van der Waals surface area contributed by atoms with E-state index < -0.39 is 27.9 Å². The number of aliphatic carboxylic acids is 1.